The van der Waals surface area contributed by atoms with E-state index in [0.717, 1.165) is 25.7 Å². The maximum absolute atomic E-state index is 13.8. The number of carbonyl (C=O) groups excluding carboxylic acids is 3. The van der Waals surface area contributed by atoms with Gasteiger partial charge in [0.05, 0.1) is 13.4 Å². The number of anilines is 2. The van der Waals surface area contributed by atoms with E-state index >= 15 is 0 Å². The number of nitrogens with one attached hydrogen (secondary N) is 2. The summed E-state index contributed by atoms with van der Waals surface area (Å²) in [6.07, 6.45) is 5.37. The number of amides is 3. The largest absolute Gasteiger partial charge is 0.497 e. The van der Waals surface area contributed by atoms with E-state index in [2.05, 4.69) is 10.6 Å². The molecule has 0 radical (unpaired) electrons. The van der Waals surface area contributed by atoms with Crippen LogP contribution in [-0.4, -0.2) is 30.9 Å². The van der Waals surface area contributed by atoms with Gasteiger partial charge in [-0.15, -0.1) is 0 Å². The molecular formula is C27H29N3O5. The summed E-state index contributed by atoms with van der Waals surface area (Å²) < 4.78 is 10.8. The minimum Gasteiger partial charge on any atom is -0.497 e. The van der Waals surface area contributed by atoms with Crippen molar-refractivity contribution in [1.29, 1.82) is 0 Å². The van der Waals surface area contributed by atoms with Gasteiger partial charge < -0.3 is 19.8 Å². The fourth-order valence-corrected chi connectivity index (χ4v) is 4.39. The Morgan fingerprint density at radius 1 is 1.03 bits per heavy atom. The summed E-state index contributed by atoms with van der Waals surface area (Å²) in [5, 5.41) is 5.86. The molecule has 1 atom stereocenters. The molecule has 0 bridgehead atoms. The van der Waals surface area contributed by atoms with E-state index in [1.807, 2.05) is 0 Å². The highest BCUT2D eigenvalue weighted by molar-refractivity contribution is 6.08. The van der Waals surface area contributed by atoms with Crippen LogP contribution in [0.3, 0.4) is 0 Å². The highest BCUT2D eigenvalue weighted by Crippen LogP contribution is 2.33. The number of nitrogens with zero attached hydrogens (tertiary/aromatic N) is 1. The van der Waals surface area contributed by atoms with Crippen molar-refractivity contribution >= 4 is 29.1 Å². The van der Waals surface area contributed by atoms with E-state index in [1.54, 1.807) is 67.8 Å². The van der Waals surface area contributed by atoms with Crippen molar-refractivity contribution < 1.29 is 23.5 Å². The van der Waals surface area contributed by atoms with E-state index < -0.39 is 11.9 Å². The molecule has 1 saturated carbocycles. The zero-order chi connectivity index (χ0) is 24.8. The van der Waals surface area contributed by atoms with Gasteiger partial charge in [-0.2, -0.15) is 0 Å². The standard InChI is InChI=1S/C27H29N3O5/c1-18(31)28-21-12-14-22(15-13-21)30(27(33)24-11-6-16-35-24)25(19-7-5-10-23(17-19)34-2)26(32)29-20-8-3-4-9-20/h5-7,10-17,20,25H,3-4,8-9H2,1-2H3,(H,28,31)(H,29,32)/t25-/m1/s1. The van der Waals surface area contributed by atoms with Crippen molar-refractivity contribution in [2.75, 3.05) is 17.3 Å². The quantitative estimate of drug-likeness (QED) is 0.492. The zero-order valence-corrected chi connectivity index (χ0v) is 19.8. The highest BCUT2D eigenvalue weighted by atomic mass is 16.5. The van der Waals surface area contributed by atoms with Crippen LogP contribution in [0.4, 0.5) is 11.4 Å². The first-order valence-corrected chi connectivity index (χ1v) is 11.7. The van der Waals surface area contributed by atoms with Crippen molar-refractivity contribution in [3.8, 4) is 5.75 Å². The third-order valence-electron chi connectivity index (χ3n) is 6.03. The number of benzene rings is 2. The van der Waals surface area contributed by atoms with Gasteiger partial charge in [-0.1, -0.05) is 25.0 Å². The maximum Gasteiger partial charge on any atom is 0.294 e. The van der Waals surface area contributed by atoms with E-state index in [4.69, 9.17) is 9.15 Å². The van der Waals surface area contributed by atoms with Crippen LogP contribution in [0.1, 0.15) is 54.8 Å². The monoisotopic (exact) mass is 475 g/mol. The van der Waals surface area contributed by atoms with Crippen molar-refractivity contribution in [3.63, 3.8) is 0 Å². The van der Waals surface area contributed by atoms with Crippen LogP contribution in [0.5, 0.6) is 5.75 Å². The molecule has 0 saturated heterocycles. The van der Waals surface area contributed by atoms with Gasteiger partial charge >= 0.3 is 0 Å². The summed E-state index contributed by atoms with van der Waals surface area (Å²) in [7, 11) is 1.55. The second-order valence-electron chi connectivity index (χ2n) is 8.55. The fourth-order valence-electron chi connectivity index (χ4n) is 4.39. The third-order valence-corrected chi connectivity index (χ3v) is 6.03. The Morgan fingerprint density at radius 2 is 1.77 bits per heavy atom. The summed E-state index contributed by atoms with van der Waals surface area (Å²) in [6, 6.07) is 16.2. The van der Waals surface area contributed by atoms with Gasteiger partial charge in [-0.25, -0.2) is 0 Å². The third kappa shape index (κ3) is 5.71. The van der Waals surface area contributed by atoms with Crippen LogP contribution in [0.2, 0.25) is 0 Å². The van der Waals surface area contributed by atoms with E-state index in [-0.39, 0.29) is 23.6 Å². The first-order chi connectivity index (χ1) is 17.0. The molecular weight excluding hydrogens is 446 g/mol. The van der Waals surface area contributed by atoms with Crippen LogP contribution >= 0.6 is 0 Å². The lowest BCUT2D eigenvalue weighted by atomic mass is 10.0. The first-order valence-electron chi connectivity index (χ1n) is 11.7. The molecule has 2 aromatic carbocycles. The predicted octanol–water partition coefficient (Wildman–Crippen LogP) is 4.69. The van der Waals surface area contributed by atoms with Crippen LogP contribution < -0.4 is 20.3 Å². The topological polar surface area (TPSA) is 101 Å². The highest BCUT2D eigenvalue weighted by Gasteiger charge is 2.36. The fraction of sp³-hybridized carbons (Fsp3) is 0.296. The molecule has 8 nitrogen and oxygen atoms in total. The Hall–Kier alpha value is -4.07. The molecule has 1 fully saturated rings. The van der Waals surface area contributed by atoms with Crippen molar-refractivity contribution in [2.24, 2.45) is 0 Å². The molecule has 8 heteroatoms. The lowest BCUT2D eigenvalue weighted by molar-refractivity contribution is -0.123. The van der Waals surface area contributed by atoms with Crippen LogP contribution in [0.25, 0.3) is 0 Å². The Kier molecular flexibility index (Phi) is 7.50. The maximum atomic E-state index is 13.8. The lowest BCUT2D eigenvalue weighted by Gasteiger charge is -2.32. The number of rotatable bonds is 8. The molecule has 4 rings (SSSR count). The van der Waals surface area contributed by atoms with Crippen molar-refractivity contribution in [3.05, 3.63) is 78.3 Å². The van der Waals surface area contributed by atoms with Gasteiger partial charge in [-0.05, 0) is 66.9 Å². The molecule has 1 aromatic heterocycles. The Labute approximate surface area is 204 Å². The number of hydrogen-bond acceptors (Lipinski definition) is 5. The van der Waals surface area contributed by atoms with E-state index in [1.165, 1.54) is 18.1 Å². The summed E-state index contributed by atoms with van der Waals surface area (Å²) in [5.74, 6) is -0.260. The number of ether oxygens (including phenoxy) is 1. The Balaban J connectivity index is 1.80. The molecule has 2 N–H and O–H groups in total. The van der Waals surface area contributed by atoms with Gasteiger partial charge in [0.25, 0.3) is 5.91 Å². The smallest absolute Gasteiger partial charge is 0.294 e. The molecule has 3 amide bonds. The zero-order valence-electron chi connectivity index (χ0n) is 19.8. The molecule has 1 aliphatic carbocycles. The molecule has 0 unspecified atom stereocenters. The lowest BCUT2D eigenvalue weighted by Crippen LogP contribution is -2.46. The van der Waals surface area contributed by atoms with E-state index in [9.17, 15) is 14.4 Å². The summed E-state index contributed by atoms with van der Waals surface area (Å²) >= 11 is 0. The van der Waals surface area contributed by atoms with Gasteiger partial charge in [0.1, 0.15) is 11.8 Å². The summed E-state index contributed by atoms with van der Waals surface area (Å²) in [5.41, 5.74) is 1.67. The van der Waals surface area contributed by atoms with Crippen LogP contribution in [0, 0.1) is 0 Å². The summed E-state index contributed by atoms with van der Waals surface area (Å²) in [4.78, 5) is 40.4. The average Bonchev–Trinajstić information content (AvgIpc) is 3.57. The average molecular weight is 476 g/mol. The predicted molar refractivity (Wildman–Crippen MR) is 132 cm³/mol. The van der Waals surface area contributed by atoms with Crippen molar-refractivity contribution in [1.82, 2.24) is 5.32 Å². The molecule has 1 heterocycles. The molecule has 3 aromatic rings. The van der Waals surface area contributed by atoms with Crippen molar-refractivity contribution in [2.45, 2.75) is 44.7 Å². The van der Waals surface area contributed by atoms with Crippen LogP contribution in [0.15, 0.2) is 71.3 Å². The number of furan rings is 1. The second-order valence-corrected chi connectivity index (χ2v) is 8.55. The van der Waals surface area contributed by atoms with Gasteiger partial charge in [-0.3, -0.25) is 19.3 Å². The van der Waals surface area contributed by atoms with E-state index in [0.29, 0.717) is 22.7 Å². The van der Waals surface area contributed by atoms with Gasteiger partial charge in [0.15, 0.2) is 5.76 Å². The Bertz CT molecular complexity index is 1170. The van der Waals surface area contributed by atoms with Gasteiger partial charge in [0.2, 0.25) is 11.8 Å². The molecule has 182 valence electrons. The van der Waals surface area contributed by atoms with Gasteiger partial charge in [0, 0.05) is 24.3 Å². The van der Waals surface area contributed by atoms with Crippen LogP contribution in [-0.2, 0) is 9.59 Å². The molecule has 35 heavy (non-hydrogen) atoms. The minimum atomic E-state index is -0.977. The Morgan fingerprint density at radius 3 is 2.40 bits per heavy atom. The normalized spacial score (nSPS) is 14.2. The first kappa shape index (κ1) is 24.1. The summed E-state index contributed by atoms with van der Waals surface area (Å²) in [6.45, 7) is 1.42. The SMILES string of the molecule is COc1cccc([C@H](C(=O)NC2CCCC2)N(C(=O)c2ccco2)c2ccc(NC(C)=O)cc2)c1. The second kappa shape index (κ2) is 10.9. The molecule has 1 aliphatic rings. The minimum absolute atomic E-state index is 0.0679. The molecule has 0 aliphatic heterocycles. The number of methoxy groups -OCH3 is 1. The number of hydrogen-bond donors (Lipinski definition) is 2. The molecule has 0 spiro atoms. The number of carbonyl (C=O) groups is 3.